The molecule has 0 unspecified atom stereocenters. The number of rotatable bonds is 8. The van der Waals surface area contributed by atoms with Crippen molar-refractivity contribution in [3.63, 3.8) is 0 Å². The summed E-state index contributed by atoms with van der Waals surface area (Å²) in [5.74, 6) is 3.42. The normalized spacial score (nSPS) is 12.1. The first-order valence-corrected chi connectivity index (χ1v) is 9.88. The zero-order valence-corrected chi connectivity index (χ0v) is 17.3. The number of hydrogen-bond donors (Lipinski definition) is 1. The first-order chi connectivity index (χ1) is 14.2. The summed E-state index contributed by atoms with van der Waals surface area (Å²) in [7, 11) is 4.82. The van der Waals surface area contributed by atoms with Crippen LogP contribution in [0.15, 0.2) is 36.5 Å². The predicted molar refractivity (Wildman–Crippen MR) is 110 cm³/mol. The van der Waals surface area contributed by atoms with Gasteiger partial charge in [0.15, 0.2) is 23.0 Å². The molecule has 0 spiro atoms. The van der Waals surface area contributed by atoms with E-state index in [9.17, 15) is 0 Å². The van der Waals surface area contributed by atoms with Crippen molar-refractivity contribution in [3.05, 3.63) is 47.1 Å². The summed E-state index contributed by atoms with van der Waals surface area (Å²) >= 11 is 1.61. The molecule has 0 fully saturated rings. The van der Waals surface area contributed by atoms with E-state index in [-0.39, 0.29) is 6.79 Å². The molecule has 0 amide bonds. The smallest absolute Gasteiger partial charge is 0.231 e. The molecule has 0 saturated heterocycles. The Balaban J connectivity index is 1.45. The van der Waals surface area contributed by atoms with Crippen molar-refractivity contribution in [2.45, 2.75) is 13.1 Å². The summed E-state index contributed by atoms with van der Waals surface area (Å²) in [5.41, 5.74) is 2.05. The van der Waals surface area contributed by atoms with E-state index in [4.69, 9.17) is 23.7 Å². The second-order valence-electron chi connectivity index (χ2n) is 6.29. The zero-order chi connectivity index (χ0) is 20.2. The summed E-state index contributed by atoms with van der Waals surface area (Å²) in [6.45, 7) is 1.66. The average Bonchev–Trinajstić information content (AvgIpc) is 3.41. The molecule has 3 aromatic rings. The fourth-order valence-electron chi connectivity index (χ4n) is 3.18. The van der Waals surface area contributed by atoms with E-state index in [0.717, 1.165) is 32.5 Å². The molecule has 4 rings (SSSR count). The molecule has 1 N–H and O–H groups in total. The predicted octanol–water partition coefficient (Wildman–Crippen LogP) is 3.85. The Morgan fingerprint density at radius 1 is 0.966 bits per heavy atom. The van der Waals surface area contributed by atoms with Crippen molar-refractivity contribution in [2.24, 2.45) is 0 Å². The lowest BCUT2D eigenvalue weighted by Crippen LogP contribution is -2.12. The average molecular weight is 414 g/mol. The third-order valence-electron chi connectivity index (χ3n) is 4.57. The van der Waals surface area contributed by atoms with Crippen LogP contribution < -0.4 is 29.0 Å². The van der Waals surface area contributed by atoms with Gasteiger partial charge < -0.3 is 29.0 Å². The maximum absolute atomic E-state index is 5.59. The Bertz CT molecular complexity index is 1000. The number of nitrogens with one attached hydrogen (secondary N) is 1. The summed E-state index contributed by atoms with van der Waals surface area (Å²) < 4.78 is 27.2. The Hall–Kier alpha value is -2.97. The van der Waals surface area contributed by atoms with Crippen LogP contribution in [0, 0.1) is 0 Å². The molecule has 0 atom stereocenters. The molecule has 8 heteroatoms. The molecule has 29 heavy (non-hydrogen) atoms. The summed E-state index contributed by atoms with van der Waals surface area (Å²) in [6, 6.07) is 9.79. The van der Waals surface area contributed by atoms with Gasteiger partial charge in [0, 0.05) is 24.8 Å². The van der Waals surface area contributed by atoms with Crippen LogP contribution >= 0.6 is 11.3 Å². The van der Waals surface area contributed by atoms with E-state index >= 15 is 0 Å². The highest BCUT2D eigenvalue weighted by molar-refractivity contribution is 7.15. The number of ether oxygens (including phenoxy) is 5. The molecule has 0 saturated carbocycles. The fraction of sp³-hybridized carbons (Fsp3) is 0.286. The Morgan fingerprint density at radius 2 is 1.79 bits per heavy atom. The van der Waals surface area contributed by atoms with Gasteiger partial charge in [-0.1, -0.05) is 6.07 Å². The number of fused-ring (bicyclic) bond motifs is 1. The summed E-state index contributed by atoms with van der Waals surface area (Å²) in [5, 5.41) is 4.40. The topological polar surface area (TPSA) is 71.1 Å². The van der Waals surface area contributed by atoms with E-state index < -0.39 is 0 Å². The maximum Gasteiger partial charge on any atom is 0.231 e. The fourth-order valence-corrected chi connectivity index (χ4v) is 4.09. The van der Waals surface area contributed by atoms with Gasteiger partial charge in [-0.3, -0.25) is 0 Å². The van der Waals surface area contributed by atoms with E-state index in [0.29, 0.717) is 30.3 Å². The van der Waals surface area contributed by atoms with Crippen LogP contribution in [-0.4, -0.2) is 33.1 Å². The van der Waals surface area contributed by atoms with Crippen molar-refractivity contribution >= 4 is 11.3 Å². The van der Waals surface area contributed by atoms with Crippen LogP contribution in [0.25, 0.3) is 10.4 Å². The van der Waals surface area contributed by atoms with Crippen molar-refractivity contribution in [3.8, 4) is 39.2 Å². The number of hydrogen-bond acceptors (Lipinski definition) is 8. The Morgan fingerprint density at radius 3 is 2.59 bits per heavy atom. The minimum Gasteiger partial charge on any atom is -0.493 e. The van der Waals surface area contributed by atoms with Gasteiger partial charge >= 0.3 is 0 Å². The molecule has 0 bridgehead atoms. The number of benzene rings is 2. The molecule has 1 aromatic heterocycles. The van der Waals surface area contributed by atoms with Gasteiger partial charge in [-0.15, -0.1) is 11.3 Å². The Labute approximate surface area is 173 Å². The molecule has 1 aliphatic rings. The lowest BCUT2D eigenvalue weighted by molar-refractivity contribution is 0.174. The zero-order valence-electron chi connectivity index (χ0n) is 16.5. The molecule has 7 nitrogen and oxygen atoms in total. The van der Waals surface area contributed by atoms with E-state index in [1.165, 1.54) is 0 Å². The van der Waals surface area contributed by atoms with Crippen LogP contribution in [0.4, 0.5) is 0 Å². The monoisotopic (exact) mass is 414 g/mol. The first kappa shape index (κ1) is 19.4. The van der Waals surface area contributed by atoms with E-state index in [1.54, 1.807) is 32.7 Å². The van der Waals surface area contributed by atoms with Gasteiger partial charge in [0.2, 0.25) is 12.5 Å². The van der Waals surface area contributed by atoms with Crippen LogP contribution in [0.2, 0.25) is 0 Å². The van der Waals surface area contributed by atoms with Gasteiger partial charge in [0.05, 0.1) is 26.2 Å². The van der Waals surface area contributed by atoms with Gasteiger partial charge in [0.1, 0.15) is 5.01 Å². The number of methoxy groups -OCH3 is 3. The van der Waals surface area contributed by atoms with Gasteiger partial charge in [-0.05, 0) is 29.8 Å². The molecule has 152 valence electrons. The van der Waals surface area contributed by atoms with Crippen molar-refractivity contribution in [1.29, 1.82) is 0 Å². The molecule has 0 radical (unpaired) electrons. The highest BCUT2D eigenvalue weighted by Crippen LogP contribution is 2.45. The molecular weight excluding hydrogens is 392 g/mol. The molecule has 2 aromatic carbocycles. The lowest BCUT2D eigenvalue weighted by Gasteiger charge is -2.14. The number of thiazole rings is 1. The second kappa shape index (κ2) is 8.59. The van der Waals surface area contributed by atoms with Gasteiger partial charge in [-0.25, -0.2) is 4.98 Å². The highest BCUT2D eigenvalue weighted by atomic mass is 32.1. The van der Waals surface area contributed by atoms with Crippen molar-refractivity contribution in [2.75, 3.05) is 28.1 Å². The Kier molecular flexibility index (Phi) is 5.73. The molecule has 1 aliphatic heterocycles. The highest BCUT2D eigenvalue weighted by Gasteiger charge is 2.18. The summed E-state index contributed by atoms with van der Waals surface area (Å²) in [6.07, 6.45) is 1.85. The van der Waals surface area contributed by atoms with E-state index in [2.05, 4.69) is 10.3 Å². The van der Waals surface area contributed by atoms with Crippen LogP contribution in [0.3, 0.4) is 0 Å². The number of aromatic nitrogens is 1. The summed E-state index contributed by atoms with van der Waals surface area (Å²) in [4.78, 5) is 5.54. The maximum atomic E-state index is 5.59. The molecule has 0 aliphatic carbocycles. The standard InChI is InChI=1S/C21H22N2O5S/c1-24-16-7-5-14(20(25-2)21(16)26-3)18-10-23-19(29-18)11-22-9-13-4-6-15-17(8-13)28-12-27-15/h4-8,10,22H,9,11-12H2,1-3H3. The van der Waals surface area contributed by atoms with Crippen molar-refractivity contribution < 1.29 is 23.7 Å². The SMILES string of the molecule is COc1ccc(-c2cnc(CNCc3ccc4c(c3)OCO4)s2)c(OC)c1OC. The minimum absolute atomic E-state index is 0.285. The third-order valence-corrected chi connectivity index (χ3v) is 5.60. The molecular formula is C21H22N2O5S. The second-order valence-corrected chi connectivity index (χ2v) is 7.41. The lowest BCUT2D eigenvalue weighted by atomic mass is 10.1. The van der Waals surface area contributed by atoms with Gasteiger partial charge in [-0.2, -0.15) is 0 Å². The van der Waals surface area contributed by atoms with Gasteiger partial charge in [0.25, 0.3) is 0 Å². The largest absolute Gasteiger partial charge is 0.493 e. The van der Waals surface area contributed by atoms with Crippen LogP contribution in [-0.2, 0) is 13.1 Å². The minimum atomic E-state index is 0.285. The molecule has 2 heterocycles. The first-order valence-electron chi connectivity index (χ1n) is 9.06. The number of nitrogens with zero attached hydrogens (tertiary/aromatic N) is 1. The van der Waals surface area contributed by atoms with E-state index in [1.807, 2.05) is 36.5 Å². The van der Waals surface area contributed by atoms with Crippen LogP contribution in [0.5, 0.6) is 28.7 Å². The van der Waals surface area contributed by atoms with Crippen LogP contribution in [0.1, 0.15) is 10.6 Å². The third kappa shape index (κ3) is 3.94. The quantitative estimate of drug-likeness (QED) is 0.600. The van der Waals surface area contributed by atoms with Crippen molar-refractivity contribution in [1.82, 2.24) is 10.3 Å².